The molecule has 0 aliphatic carbocycles. The maximum Gasteiger partial charge on any atom is 0.238 e. The van der Waals surface area contributed by atoms with Gasteiger partial charge < -0.3 is 9.42 Å². The van der Waals surface area contributed by atoms with Crippen LogP contribution >= 0.6 is 0 Å². The topological polar surface area (TPSA) is 83.7 Å². The van der Waals surface area contributed by atoms with Crippen LogP contribution in [0.1, 0.15) is 29.9 Å². The van der Waals surface area contributed by atoms with Crippen molar-refractivity contribution in [1.82, 2.24) is 15.0 Å². The SMILES string of the molecule is Cc1noc(C)c1CN1C[C@@H]2CC[C@H](C1)N(C(=O)CS(C)(=O)=O)C2. The average molecular weight is 355 g/mol. The molecule has 7 nitrogen and oxygen atoms in total. The molecule has 0 N–H and O–H groups in total. The predicted octanol–water partition coefficient (Wildman–Crippen LogP) is 0.759. The maximum absolute atomic E-state index is 12.4. The molecule has 3 fully saturated rings. The summed E-state index contributed by atoms with van der Waals surface area (Å²) >= 11 is 0. The summed E-state index contributed by atoms with van der Waals surface area (Å²) < 4.78 is 28.1. The number of amides is 1. The third-order valence-electron chi connectivity index (χ3n) is 5.06. The number of nitrogens with zero attached hydrogens (tertiary/aromatic N) is 3. The molecule has 4 rings (SSSR count). The minimum Gasteiger partial charge on any atom is -0.361 e. The first-order valence-electron chi connectivity index (χ1n) is 8.34. The molecule has 134 valence electrons. The van der Waals surface area contributed by atoms with E-state index in [1.54, 1.807) is 4.90 Å². The zero-order valence-corrected chi connectivity index (χ0v) is 15.3. The van der Waals surface area contributed by atoms with E-state index in [2.05, 4.69) is 10.1 Å². The van der Waals surface area contributed by atoms with Gasteiger partial charge in [0.1, 0.15) is 11.5 Å². The Morgan fingerprint density at radius 1 is 1.25 bits per heavy atom. The first-order valence-corrected chi connectivity index (χ1v) is 10.4. The van der Waals surface area contributed by atoms with Crippen molar-refractivity contribution in [2.24, 2.45) is 5.92 Å². The number of hydrogen-bond donors (Lipinski definition) is 0. The van der Waals surface area contributed by atoms with E-state index in [0.717, 1.165) is 55.7 Å². The molecular formula is C16H25N3O4S. The average Bonchev–Trinajstić information content (AvgIpc) is 2.68. The lowest BCUT2D eigenvalue weighted by molar-refractivity contribution is -0.132. The molecule has 4 heterocycles. The Morgan fingerprint density at radius 2 is 2.00 bits per heavy atom. The number of carbonyl (C=O) groups is 1. The minimum atomic E-state index is -3.29. The van der Waals surface area contributed by atoms with E-state index in [1.165, 1.54) is 0 Å². The lowest BCUT2D eigenvalue weighted by atomic mass is 9.95. The van der Waals surface area contributed by atoms with Gasteiger partial charge in [-0.3, -0.25) is 9.69 Å². The lowest BCUT2D eigenvalue weighted by Crippen LogP contribution is -2.49. The number of rotatable bonds is 4. The summed E-state index contributed by atoms with van der Waals surface area (Å²) in [5.74, 6) is 0.591. The van der Waals surface area contributed by atoms with Gasteiger partial charge in [0.2, 0.25) is 5.91 Å². The van der Waals surface area contributed by atoms with E-state index in [9.17, 15) is 13.2 Å². The van der Waals surface area contributed by atoms with Crippen molar-refractivity contribution in [2.75, 3.05) is 31.6 Å². The highest BCUT2D eigenvalue weighted by Crippen LogP contribution is 2.29. The van der Waals surface area contributed by atoms with Gasteiger partial charge in [0.05, 0.1) is 5.69 Å². The predicted molar refractivity (Wildman–Crippen MR) is 89.2 cm³/mol. The largest absolute Gasteiger partial charge is 0.361 e. The van der Waals surface area contributed by atoms with E-state index >= 15 is 0 Å². The zero-order chi connectivity index (χ0) is 17.5. The molecule has 24 heavy (non-hydrogen) atoms. The molecule has 0 unspecified atom stereocenters. The van der Waals surface area contributed by atoms with Gasteiger partial charge in [-0.1, -0.05) is 5.16 Å². The fraction of sp³-hybridized carbons (Fsp3) is 0.750. The number of fused-ring (bicyclic) bond motifs is 4. The van der Waals surface area contributed by atoms with Gasteiger partial charge in [0.25, 0.3) is 0 Å². The highest BCUT2D eigenvalue weighted by Gasteiger charge is 2.38. The van der Waals surface area contributed by atoms with Crippen LogP contribution in [-0.4, -0.2) is 67.0 Å². The van der Waals surface area contributed by atoms with E-state index < -0.39 is 9.84 Å². The Labute approximate surface area is 142 Å². The van der Waals surface area contributed by atoms with Crippen LogP contribution in [0.15, 0.2) is 4.52 Å². The molecule has 0 spiro atoms. The first-order chi connectivity index (χ1) is 11.2. The van der Waals surface area contributed by atoms with E-state index in [1.807, 2.05) is 13.8 Å². The van der Waals surface area contributed by atoms with Crippen LogP contribution in [0.2, 0.25) is 0 Å². The van der Waals surface area contributed by atoms with Crippen LogP contribution in [0.5, 0.6) is 0 Å². The van der Waals surface area contributed by atoms with Crippen LogP contribution in [0.3, 0.4) is 0 Å². The fourth-order valence-electron chi connectivity index (χ4n) is 3.87. The number of aryl methyl sites for hydroxylation is 2. The molecular weight excluding hydrogens is 330 g/mol. The molecule has 2 atom stereocenters. The smallest absolute Gasteiger partial charge is 0.238 e. The molecule has 1 aromatic heterocycles. The van der Waals surface area contributed by atoms with Gasteiger partial charge in [0, 0.05) is 44.0 Å². The molecule has 3 saturated heterocycles. The third kappa shape index (κ3) is 3.80. The van der Waals surface area contributed by atoms with Crippen molar-refractivity contribution < 1.29 is 17.7 Å². The number of carbonyl (C=O) groups excluding carboxylic acids is 1. The Bertz CT molecular complexity index is 708. The Kier molecular flexibility index (Phi) is 4.70. The van der Waals surface area contributed by atoms with Gasteiger partial charge in [-0.2, -0.15) is 0 Å². The molecule has 8 heteroatoms. The highest BCUT2D eigenvalue weighted by molar-refractivity contribution is 7.91. The van der Waals surface area contributed by atoms with Crippen molar-refractivity contribution in [1.29, 1.82) is 0 Å². The molecule has 0 aromatic carbocycles. The van der Waals surface area contributed by atoms with Crippen molar-refractivity contribution in [2.45, 2.75) is 39.3 Å². The van der Waals surface area contributed by atoms with Crippen molar-refractivity contribution in [3.05, 3.63) is 17.0 Å². The molecule has 1 amide bonds. The standard InChI is InChI=1S/C16H25N3O4S/c1-11-15(12(2)23-17-11)9-18-6-13-4-5-14(8-18)19(7-13)16(20)10-24(3,21)22/h13-14H,4-10H2,1-3H3/t13-,14+/m0/s1. The van der Waals surface area contributed by atoms with Crippen LogP contribution in [0, 0.1) is 19.8 Å². The second kappa shape index (κ2) is 6.48. The quantitative estimate of drug-likeness (QED) is 0.793. The summed E-state index contributed by atoms with van der Waals surface area (Å²) in [5.41, 5.74) is 2.03. The van der Waals surface area contributed by atoms with Crippen molar-refractivity contribution in [3.8, 4) is 0 Å². The summed E-state index contributed by atoms with van der Waals surface area (Å²) in [5, 5.41) is 4.01. The van der Waals surface area contributed by atoms with Crippen LogP contribution < -0.4 is 0 Å². The number of piperidine rings is 1. The Hall–Kier alpha value is -1.41. The zero-order valence-electron chi connectivity index (χ0n) is 14.5. The third-order valence-corrected chi connectivity index (χ3v) is 5.83. The van der Waals surface area contributed by atoms with Crippen molar-refractivity contribution >= 4 is 15.7 Å². The van der Waals surface area contributed by atoms with E-state index in [0.29, 0.717) is 12.5 Å². The molecule has 0 radical (unpaired) electrons. The minimum absolute atomic E-state index is 0.0958. The van der Waals surface area contributed by atoms with Crippen LogP contribution in [-0.2, 0) is 21.2 Å². The van der Waals surface area contributed by atoms with E-state index in [-0.39, 0.29) is 17.7 Å². The highest BCUT2D eigenvalue weighted by atomic mass is 32.2. The number of sulfone groups is 1. The van der Waals surface area contributed by atoms with Crippen LogP contribution in [0.25, 0.3) is 0 Å². The lowest BCUT2D eigenvalue weighted by Gasteiger charge is -2.36. The Morgan fingerprint density at radius 3 is 2.62 bits per heavy atom. The molecule has 3 aliphatic rings. The second-order valence-electron chi connectivity index (χ2n) is 7.21. The maximum atomic E-state index is 12.4. The van der Waals surface area contributed by atoms with Gasteiger partial charge >= 0.3 is 0 Å². The van der Waals surface area contributed by atoms with Gasteiger partial charge in [-0.25, -0.2) is 8.42 Å². The number of aromatic nitrogens is 1. The van der Waals surface area contributed by atoms with Crippen molar-refractivity contribution in [3.63, 3.8) is 0 Å². The molecule has 1 aromatic rings. The molecule has 3 aliphatic heterocycles. The van der Waals surface area contributed by atoms with Gasteiger partial charge in [-0.05, 0) is 32.6 Å². The summed E-state index contributed by atoms with van der Waals surface area (Å²) in [6, 6.07) is 0.0958. The normalized spacial score (nSPS) is 25.0. The van der Waals surface area contributed by atoms with Crippen LogP contribution in [0.4, 0.5) is 0 Å². The fourth-order valence-corrected chi connectivity index (χ4v) is 4.49. The molecule has 2 bridgehead atoms. The summed E-state index contributed by atoms with van der Waals surface area (Å²) in [4.78, 5) is 16.5. The summed E-state index contributed by atoms with van der Waals surface area (Å²) in [6.07, 6.45) is 3.15. The Balaban J connectivity index is 1.72. The number of hydrogen-bond acceptors (Lipinski definition) is 6. The first kappa shape index (κ1) is 17.4. The summed E-state index contributed by atoms with van der Waals surface area (Å²) in [7, 11) is -3.29. The second-order valence-corrected chi connectivity index (χ2v) is 9.35. The van der Waals surface area contributed by atoms with E-state index in [4.69, 9.17) is 4.52 Å². The monoisotopic (exact) mass is 355 g/mol. The summed E-state index contributed by atoms with van der Waals surface area (Å²) in [6.45, 7) is 6.99. The molecule has 0 saturated carbocycles. The van der Waals surface area contributed by atoms with Gasteiger partial charge in [-0.15, -0.1) is 0 Å². The van der Waals surface area contributed by atoms with Gasteiger partial charge in [0.15, 0.2) is 9.84 Å².